The number of ether oxygens (including phenoxy) is 1. The molecule has 1 aliphatic rings. The summed E-state index contributed by atoms with van der Waals surface area (Å²) in [4.78, 5) is 14.4. The molecule has 1 aliphatic heterocycles. The van der Waals surface area contributed by atoms with Gasteiger partial charge >= 0.3 is 5.97 Å². The van der Waals surface area contributed by atoms with Gasteiger partial charge < -0.3 is 19.8 Å². The van der Waals surface area contributed by atoms with E-state index in [0.29, 0.717) is 22.9 Å². The fraction of sp³-hybridized carbons (Fsp3) is 0.500. The Balaban J connectivity index is 2.22. The molecule has 3 rings (SSSR count). The van der Waals surface area contributed by atoms with Gasteiger partial charge in [0.1, 0.15) is 11.5 Å². The quantitative estimate of drug-likeness (QED) is 0.229. The number of hydrogen-bond donors (Lipinski definition) is 4. The average molecular weight is 524 g/mol. The van der Waals surface area contributed by atoms with Gasteiger partial charge in [0.05, 0.1) is 15.5 Å². The van der Waals surface area contributed by atoms with Gasteiger partial charge in [-0.2, -0.15) is 10.6 Å². The Morgan fingerprint density at radius 3 is 2.29 bits per heavy atom. The van der Waals surface area contributed by atoms with Crippen LogP contribution in [0.15, 0.2) is 46.2 Å². The van der Waals surface area contributed by atoms with Crippen molar-refractivity contribution in [1.82, 2.24) is 0 Å². The first-order valence-electron chi connectivity index (χ1n) is 12.0. The van der Waals surface area contributed by atoms with Crippen molar-refractivity contribution < 1.29 is 28.8 Å². The number of phenols is 1. The van der Waals surface area contributed by atoms with Crippen molar-refractivity contribution in [3.8, 4) is 11.5 Å². The van der Waals surface area contributed by atoms with E-state index in [-0.39, 0.29) is 16.9 Å². The van der Waals surface area contributed by atoms with Crippen molar-refractivity contribution in [1.29, 1.82) is 0 Å². The van der Waals surface area contributed by atoms with Crippen molar-refractivity contribution in [2.24, 2.45) is 5.41 Å². The normalized spacial score (nSPS) is 17.3. The molecular weight excluding hydrogens is 486 g/mol. The van der Waals surface area contributed by atoms with Crippen molar-refractivity contribution in [2.45, 2.75) is 62.2 Å². The van der Waals surface area contributed by atoms with Gasteiger partial charge in [0.15, 0.2) is 6.61 Å². The summed E-state index contributed by atoms with van der Waals surface area (Å²) in [5.74, 6) is -0.349. The van der Waals surface area contributed by atoms with Crippen LogP contribution in [0.3, 0.4) is 0 Å². The molecule has 1 heterocycles. The summed E-state index contributed by atoms with van der Waals surface area (Å²) in [6, 6.07) is 10.4. The lowest BCUT2D eigenvalue weighted by atomic mass is 9.79. The van der Waals surface area contributed by atoms with Crippen LogP contribution in [-0.4, -0.2) is 50.4 Å². The van der Waals surface area contributed by atoms with Crippen LogP contribution in [0.25, 0.3) is 0 Å². The SMILES string of the molecule is CCCCC1(CCCC)CN(c2ccc(O)cc2)c2cc(SC)c(OCC(=O)O)cc2S(O)(O)C1. The number of unbranched alkanes of at least 4 members (excludes halogenated alkanes) is 2. The Morgan fingerprint density at radius 2 is 1.74 bits per heavy atom. The highest BCUT2D eigenvalue weighted by molar-refractivity contribution is 8.24. The minimum absolute atomic E-state index is 0.165. The first kappa shape index (κ1) is 27.5. The monoisotopic (exact) mass is 523 g/mol. The zero-order valence-electron chi connectivity index (χ0n) is 20.7. The van der Waals surface area contributed by atoms with Gasteiger partial charge in [0, 0.05) is 29.5 Å². The molecular formula is C26H37NO6S2. The van der Waals surface area contributed by atoms with Gasteiger partial charge in [0.25, 0.3) is 0 Å². The lowest BCUT2D eigenvalue weighted by Gasteiger charge is -2.42. The third-order valence-electron chi connectivity index (χ3n) is 6.52. The van der Waals surface area contributed by atoms with Crippen LogP contribution in [0.5, 0.6) is 11.5 Å². The molecule has 0 radical (unpaired) electrons. The molecule has 2 aromatic carbocycles. The number of fused-ring (bicyclic) bond motifs is 1. The summed E-state index contributed by atoms with van der Waals surface area (Å²) in [7, 11) is -3.21. The number of aromatic hydroxyl groups is 1. The highest BCUT2D eigenvalue weighted by Crippen LogP contribution is 2.62. The lowest BCUT2D eigenvalue weighted by Crippen LogP contribution is -2.37. The number of benzene rings is 2. The smallest absolute Gasteiger partial charge is 0.341 e. The molecule has 0 aromatic heterocycles. The minimum Gasteiger partial charge on any atom is -0.508 e. The Kier molecular flexibility index (Phi) is 9.26. The number of anilines is 2. The molecule has 9 heteroatoms. The molecule has 0 unspecified atom stereocenters. The number of aliphatic carboxylic acids is 1. The van der Waals surface area contributed by atoms with Crippen molar-refractivity contribution in [3.63, 3.8) is 0 Å². The number of phenolic OH excluding ortho intramolecular Hbond substituents is 1. The maximum absolute atomic E-state index is 11.6. The maximum Gasteiger partial charge on any atom is 0.341 e. The van der Waals surface area contributed by atoms with Crippen LogP contribution in [0.4, 0.5) is 11.4 Å². The topological polar surface area (TPSA) is 110 Å². The van der Waals surface area contributed by atoms with Gasteiger partial charge in [0.2, 0.25) is 0 Å². The fourth-order valence-electron chi connectivity index (χ4n) is 4.78. The summed E-state index contributed by atoms with van der Waals surface area (Å²) >= 11 is 1.42. The predicted octanol–water partition coefficient (Wildman–Crippen LogP) is 7.21. The Morgan fingerprint density at radius 1 is 1.11 bits per heavy atom. The number of carboxylic acids is 1. The van der Waals surface area contributed by atoms with Crippen molar-refractivity contribution in [3.05, 3.63) is 36.4 Å². The third-order valence-corrected chi connectivity index (χ3v) is 9.33. The molecule has 0 amide bonds. The second-order valence-electron chi connectivity index (χ2n) is 9.27. The first-order chi connectivity index (χ1) is 16.6. The van der Waals surface area contributed by atoms with E-state index in [4.69, 9.17) is 9.84 Å². The van der Waals surface area contributed by atoms with Gasteiger partial charge in [-0.3, -0.25) is 9.11 Å². The van der Waals surface area contributed by atoms with Gasteiger partial charge in [-0.15, -0.1) is 11.8 Å². The van der Waals surface area contributed by atoms with E-state index in [2.05, 4.69) is 18.7 Å². The number of nitrogens with zero attached hydrogens (tertiary/aromatic N) is 1. The second-order valence-corrected chi connectivity index (χ2v) is 12.2. The first-order valence-corrected chi connectivity index (χ1v) is 15.0. The van der Waals surface area contributed by atoms with Crippen LogP contribution in [-0.2, 0) is 4.79 Å². The zero-order valence-corrected chi connectivity index (χ0v) is 22.3. The van der Waals surface area contributed by atoms with E-state index in [1.807, 2.05) is 24.5 Å². The summed E-state index contributed by atoms with van der Waals surface area (Å²) in [6.45, 7) is 4.39. The molecule has 4 N–H and O–H groups in total. The number of thioether (sulfide) groups is 1. The summed E-state index contributed by atoms with van der Waals surface area (Å²) in [6.07, 6.45) is 7.64. The number of hydrogen-bond acceptors (Lipinski definition) is 7. The molecule has 0 saturated heterocycles. The molecule has 0 fully saturated rings. The Hall–Kier alpha value is -2.07. The second kappa shape index (κ2) is 11.8. The fourth-order valence-corrected chi connectivity index (χ4v) is 7.52. The molecule has 194 valence electrons. The molecule has 0 spiro atoms. The van der Waals surface area contributed by atoms with E-state index in [0.717, 1.165) is 49.1 Å². The average Bonchev–Trinajstić information content (AvgIpc) is 2.92. The highest BCUT2D eigenvalue weighted by Gasteiger charge is 2.42. The van der Waals surface area contributed by atoms with Crippen LogP contribution in [0, 0.1) is 5.41 Å². The summed E-state index contributed by atoms with van der Waals surface area (Å²) < 4.78 is 28.8. The highest BCUT2D eigenvalue weighted by atomic mass is 32.3. The van der Waals surface area contributed by atoms with Crippen LogP contribution in [0.1, 0.15) is 52.4 Å². The van der Waals surface area contributed by atoms with Crippen molar-refractivity contribution >= 4 is 39.7 Å². The molecule has 7 nitrogen and oxygen atoms in total. The van der Waals surface area contributed by atoms with E-state index in [1.54, 1.807) is 18.2 Å². The molecule has 0 atom stereocenters. The van der Waals surface area contributed by atoms with Gasteiger partial charge in [-0.1, -0.05) is 39.5 Å². The number of carbonyl (C=O) groups is 1. The minimum atomic E-state index is -3.21. The van der Waals surface area contributed by atoms with E-state index in [1.165, 1.54) is 11.8 Å². The molecule has 2 aromatic rings. The molecule has 0 aliphatic carbocycles. The molecule has 35 heavy (non-hydrogen) atoms. The summed E-state index contributed by atoms with van der Waals surface area (Å²) in [5.41, 5.74) is 1.21. The lowest BCUT2D eigenvalue weighted by molar-refractivity contribution is -0.139. The standard InChI is InChI=1S/C26H37NO6S2/c1-4-6-12-26(13-7-5-2)17-27(19-8-10-20(28)11-9-19)21-14-23(34-3)22(33-16-25(29)30)15-24(21)35(31,32)18-26/h8-11,14-15,28,31-32H,4-7,12-13,16-18H2,1-3H3,(H,29,30). The Bertz CT molecular complexity index is 1000. The zero-order chi connectivity index (χ0) is 25.6. The third kappa shape index (κ3) is 6.58. The van der Waals surface area contributed by atoms with Crippen LogP contribution in [0.2, 0.25) is 0 Å². The number of carboxylic acid groups (broad SMARTS) is 1. The van der Waals surface area contributed by atoms with E-state index >= 15 is 0 Å². The number of rotatable bonds is 11. The van der Waals surface area contributed by atoms with Gasteiger partial charge in [-0.05, 0) is 49.4 Å². The molecule has 0 bridgehead atoms. The maximum atomic E-state index is 11.6. The molecule has 0 saturated carbocycles. The van der Waals surface area contributed by atoms with Crippen LogP contribution < -0.4 is 9.64 Å². The van der Waals surface area contributed by atoms with Crippen LogP contribution >= 0.6 is 22.4 Å². The van der Waals surface area contributed by atoms with Gasteiger partial charge in [-0.25, -0.2) is 4.79 Å². The van der Waals surface area contributed by atoms with Crippen molar-refractivity contribution in [2.75, 3.05) is 30.1 Å². The Labute approximate surface area is 213 Å². The van der Waals surface area contributed by atoms with E-state index in [9.17, 15) is 19.0 Å². The summed E-state index contributed by atoms with van der Waals surface area (Å²) in [5, 5.41) is 19.0. The van der Waals surface area contributed by atoms with E-state index < -0.39 is 23.2 Å². The predicted molar refractivity (Wildman–Crippen MR) is 144 cm³/mol. The largest absolute Gasteiger partial charge is 0.508 e.